The van der Waals surface area contributed by atoms with Crippen LogP contribution in [0, 0.1) is 0 Å². The van der Waals surface area contributed by atoms with Crippen molar-refractivity contribution in [1.82, 2.24) is 0 Å². The number of ether oxygens (including phenoxy) is 4. The molecule has 168 valence electrons. The fourth-order valence-corrected chi connectivity index (χ4v) is 5.34. The van der Waals surface area contributed by atoms with E-state index in [2.05, 4.69) is 30.3 Å². The predicted octanol–water partition coefficient (Wildman–Crippen LogP) is 4.48. The Hall–Kier alpha value is -3.31. The minimum atomic E-state index is -1.11. The Bertz CT molecular complexity index is 1110. The van der Waals surface area contributed by atoms with Gasteiger partial charge in [-0.25, -0.2) is 0 Å². The Balaban J connectivity index is 1.64. The molecule has 0 spiro atoms. The average molecular weight is 443 g/mol. The van der Waals surface area contributed by atoms with Crippen LogP contribution in [-0.2, 0) is 45.7 Å². The molecule has 0 aromatic heterocycles. The van der Waals surface area contributed by atoms with Gasteiger partial charge in [-0.15, -0.1) is 0 Å². The number of esters is 1. The van der Waals surface area contributed by atoms with Crippen molar-refractivity contribution in [3.05, 3.63) is 93.5 Å². The van der Waals surface area contributed by atoms with Crippen LogP contribution >= 0.6 is 0 Å². The van der Waals surface area contributed by atoms with Crippen LogP contribution < -0.4 is 9.47 Å². The fourth-order valence-electron chi connectivity index (χ4n) is 5.34. The zero-order valence-corrected chi connectivity index (χ0v) is 18.7. The number of carbonyl (C=O) groups is 1. The van der Waals surface area contributed by atoms with Gasteiger partial charge in [-0.05, 0) is 58.0 Å². The summed E-state index contributed by atoms with van der Waals surface area (Å²) in [4.78, 5) is 14.1. The quantitative estimate of drug-likeness (QED) is 0.431. The van der Waals surface area contributed by atoms with Crippen molar-refractivity contribution in [2.75, 3.05) is 19.8 Å². The van der Waals surface area contributed by atoms with E-state index in [9.17, 15) is 4.79 Å². The van der Waals surface area contributed by atoms with Gasteiger partial charge in [0.05, 0.1) is 33.0 Å². The lowest BCUT2D eigenvalue weighted by atomic mass is 9.68. The maximum Gasteiger partial charge on any atom is 0.325 e. The SMILES string of the molecule is CCOC(=O)C(c1ccc2c(c1)COC2)(c1ccc2c(c1)CCO2)c1ccc2c(c1)CCO2. The van der Waals surface area contributed by atoms with E-state index in [1.54, 1.807) is 0 Å². The molecule has 3 aromatic rings. The molecule has 5 heteroatoms. The molecule has 0 saturated carbocycles. The molecule has 6 rings (SSSR count). The van der Waals surface area contributed by atoms with E-state index in [0.29, 0.717) is 33.0 Å². The summed E-state index contributed by atoms with van der Waals surface area (Å²) in [6.45, 7) is 4.64. The van der Waals surface area contributed by atoms with Gasteiger partial charge in [0, 0.05) is 12.8 Å². The average Bonchev–Trinajstić information content (AvgIpc) is 3.59. The Labute approximate surface area is 193 Å². The van der Waals surface area contributed by atoms with Crippen LogP contribution in [0.1, 0.15) is 45.9 Å². The molecule has 3 aromatic carbocycles. The van der Waals surface area contributed by atoms with Gasteiger partial charge in [0.15, 0.2) is 0 Å². The maximum atomic E-state index is 14.1. The van der Waals surface area contributed by atoms with Crippen molar-refractivity contribution in [1.29, 1.82) is 0 Å². The van der Waals surface area contributed by atoms with Gasteiger partial charge in [-0.1, -0.05) is 42.5 Å². The molecule has 5 nitrogen and oxygen atoms in total. The van der Waals surface area contributed by atoms with Crippen molar-refractivity contribution in [3.8, 4) is 11.5 Å². The number of fused-ring (bicyclic) bond motifs is 3. The molecule has 0 atom stereocenters. The smallest absolute Gasteiger partial charge is 0.325 e. The lowest BCUT2D eigenvalue weighted by molar-refractivity contribution is -0.146. The number of benzene rings is 3. The molecule has 0 unspecified atom stereocenters. The van der Waals surface area contributed by atoms with Gasteiger partial charge in [0.1, 0.15) is 16.9 Å². The molecule has 0 radical (unpaired) electrons. The molecule has 33 heavy (non-hydrogen) atoms. The van der Waals surface area contributed by atoms with Crippen LogP contribution in [0.15, 0.2) is 54.6 Å². The highest BCUT2D eigenvalue weighted by Gasteiger charge is 2.47. The summed E-state index contributed by atoms with van der Waals surface area (Å²) < 4.78 is 23.0. The van der Waals surface area contributed by atoms with Crippen LogP contribution in [0.2, 0.25) is 0 Å². The number of hydrogen-bond donors (Lipinski definition) is 0. The first kappa shape index (κ1) is 20.3. The van der Waals surface area contributed by atoms with Crippen molar-refractivity contribution < 1.29 is 23.7 Å². The second kappa shape index (κ2) is 7.92. The highest BCUT2D eigenvalue weighted by molar-refractivity contribution is 5.92. The van der Waals surface area contributed by atoms with Crippen molar-refractivity contribution in [2.24, 2.45) is 0 Å². The first-order valence-electron chi connectivity index (χ1n) is 11.6. The van der Waals surface area contributed by atoms with Gasteiger partial charge in [0.2, 0.25) is 0 Å². The summed E-state index contributed by atoms with van der Waals surface area (Å²) in [6, 6.07) is 18.5. The summed E-state index contributed by atoms with van der Waals surface area (Å²) in [7, 11) is 0. The van der Waals surface area contributed by atoms with Gasteiger partial charge >= 0.3 is 5.97 Å². The van der Waals surface area contributed by atoms with E-state index >= 15 is 0 Å². The molecule has 3 heterocycles. The van der Waals surface area contributed by atoms with E-state index in [1.807, 2.05) is 31.2 Å². The second-order valence-electron chi connectivity index (χ2n) is 8.79. The highest BCUT2D eigenvalue weighted by atomic mass is 16.5. The largest absolute Gasteiger partial charge is 0.493 e. The first-order valence-corrected chi connectivity index (χ1v) is 11.6. The third-order valence-corrected chi connectivity index (χ3v) is 6.98. The molecular weight excluding hydrogens is 416 g/mol. The summed E-state index contributed by atoms with van der Waals surface area (Å²) in [5.74, 6) is 1.50. The first-order chi connectivity index (χ1) is 16.2. The van der Waals surface area contributed by atoms with E-state index in [4.69, 9.17) is 18.9 Å². The third-order valence-electron chi connectivity index (χ3n) is 6.98. The van der Waals surface area contributed by atoms with Gasteiger partial charge < -0.3 is 18.9 Å². The van der Waals surface area contributed by atoms with Crippen molar-refractivity contribution in [2.45, 2.75) is 38.4 Å². The summed E-state index contributed by atoms with van der Waals surface area (Å²) in [5, 5.41) is 0. The van der Waals surface area contributed by atoms with Gasteiger partial charge in [0.25, 0.3) is 0 Å². The van der Waals surface area contributed by atoms with E-state index in [-0.39, 0.29) is 5.97 Å². The zero-order valence-electron chi connectivity index (χ0n) is 18.7. The predicted molar refractivity (Wildman–Crippen MR) is 123 cm³/mol. The number of hydrogen-bond acceptors (Lipinski definition) is 5. The molecule has 0 aliphatic carbocycles. The minimum absolute atomic E-state index is 0.276. The Morgan fingerprint density at radius 3 is 1.94 bits per heavy atom. The topological polar surface area (TPSA) is 54.0 Å². The fraction of sp³-hybridized carbons (Fsp3) is 0.321. The Morgan fingerprint density at radius 2 is 1.33 bits per heavy atom. The van der Waals surface area contributed by atoms with Crippen molar-refractivity contribution in [3.63, 3.8) is 0 Å². The van der Waals surface area contributed by atoms with E-state index in [1.165, 1.54) is 5.56 Å². The summed E-state index contributed by atoms with van der Waals surface area (Å²) >= 11 is 0. The van der Waals surface area contributed by atoms with Crippen LogP contribution in [0.4, 0.5) is 0 Å². The third kappa shape index (κ3) is 3.14. The van der Waals surface area contributed by atoms with Crippen LogP contribution in [0.25, 0.3) is 0 Å². The molecule has 3 aliphatic heterocycles. The van der Waals surface area contributed by atoms with Crippen LogP contribution in [0.5, 0.6) is 11.5 Å². The van der Waals surface area contributed by atoms with Crippen LogP contribution in [-0.4, -0.2) is 25.8 Å². The van der Waals surface area contributed by atoms with Gasteiger partial charge in [-0.2, -0.15) is 0 Å². The highest BCUT2D eigenvalue weighted by Crippen LogP contribution is 2.45. The second-order valence-corrected chi connectivity index (χ2v) is 8.79. The standard InChI is InChI=1S/C28H26O5/c1-2-31-27(29)28(22-4-3-20-16-30-17-21(20)15-22,23-5-7-25-18(13-23)9-11-32-25)24-6-8-26-19(14-24)10-12-33-26/h3-8,13-15H,2,9-12,16-17H2,1H3. The van der Waals surface area contributed by atoms with Crippen LogP contribution in [0.3, 0.4) is 0 Å². The molecular formula is C28H26O5. The molecule has 0 fully saturated rings. The molecule has 0 bridgehead atoms. The molecule has 0 saturated heterocycles. The van der Waals surface area contributed by atoms with Crippen molar-refractivity contribution >= 4 is 5.97 Å². The minimum Gasteiger partial charge on any atom is -0.493 e. The Kier molecular flexibility index (Phi) is 4.88. The molecule has 0 amide bonds. The van der Waals surface area contributed by atoms with E-state index < -0.39 is 5.41 Å². The van der Waals surface area contributed by atoms with E-state index in [0.717, 1.165) is 57.7 Å². The maximum absolute atomic E-state index is 14.1. The number of rotatable bonds is 5. The number of carbonyl (C=O) groups excluding carboxylic acids is 1. The molecule has 3 aliphatic rings. The Morgan fingerprint density at radius 1 is 0.788 bits per heavy atom. The molecule has 0 N–H and O–H groups in total. The monoisotopic (exact) mass is 442 g/mol. The lowest BCUT2D eigenvalue weighted by Gasteiger charge is -2.34. The normalized spacial score (nSPS) is 15.9. The lowest BCUT2D eigenvalue weighted by Crippen LogP contribution is -2.40. The zero-order chi connectivity index (χ0) is 22.4. The summed E-state index contributed by atoms with van der Waals surface area (Å²) in [5.41, 5.74) is 6.10. The van der Waals surface area contributed by atoms with Gasteiger partial charge in [-0.3, -0.25) is 4.79 Å². The summed E-state index contributed by atoms with van der Waals surface area (Å²) in [6.07, 6.45) is 1.66.